The van der Waals surface area contributed by atoms with Gasteiger partial charge in [-0.3, -0.25) is 4.79 Å². The third kappa shape index (κ3) is 2.78. The van der Waals surface area contributed by atoms with Crippen LogP contribution in [0.1, 0.15) is 33.1 Å². The molecule has 0 bridgehead atoms. The minimum Gasteiger partial charge on any atom is -0.458 e. The predicted molar refractivity (Wildman–Crippen MR) is 70.3 cm³/mol. The number of fused-ring (bicyclic) bond motifs is 1. The lowest BCUT2D eigenvalue weighted by atomic mass is 9.89. The van der Waals surface area contributed by atoms with E-state index in [1.165, 1.54) is 6.92 Å². The molecule has 1 unspecified atom stereocenters. The summed E-state index contributed by atoms with van der Waals surface area (Å²) in [6.45, 7) is 7.25. The van der Waals surface area contributed by atoms with Crippen LogP contribution in [-0.4, -0.2) is 29.1 Å². The van der Waals surface area contributed by atoms with Crippen molar-refractivity contribution >= 4 is 11.8 Å². The van der Waals surface area contributed by atoms with Crippen molar-refractivity contribution in [2.24, 2.45) is 11.8 Å². The monoisotopic (exact) mass is 264 g/mol. The zero-order chi connectivity index (χ0) is 14.2. The second-order valence-corrected chi connectivity index (χ2v) is 5.57. The normalized spacial score (nSPS) is 32.2. The Kier molecular flexibility index (Phi) is 3.90. The second kappa shape index (κ2) is 5.29. The molecule has 1 N–H and O–H groups in total. The zero-order valence-corrected chi connectivity index (χ0v) is 11.4. The van der Waals surface area contributed by atoms with E-state index in [0.29, 0.717) is 18.4 Å². The number of hydrogen-bond acceptors (Lipinski definition) is 4. The van der Waals surface area contributed by atoms with Crippen molar-refractivity contribution in [1.29, 1.82) is 0 Å². The molecule has 0 aromatic carbocycles. The second-order valence-electron chi connectivity index (χ2n) is 5.57. The standard InChI is InChI=1S/C15H20O4/c1-8-6-14-12(10(3)15(18)19-14)5-4-11(8)13(17)7-9(2)16/h4,8,12-14,17H,3,5-7H2,1-2H3/t8-,12+,13?,14-/m0/s1. The molecule has 19 heavy (non-hydrogen) atoms. The minimum atomic E-state index is -0.727. The smallest absolute Gasteiger partial charge is 0.334 e. The highest BCUT2D eigenvalue weighted by atomic mass is 16.6. The Morgan fingerprint density at radius 1 is 1.63 bits per heavy atom. The van der Waals surface area contributed by atoms with Gasteiger partial charge in [0.15, 0.2) is 0 Å². The van der Waals surface area contributed by atoms with Crippen LogP contribution in [0.2, 0.25) is 0 Å². The SMILES string of the molecule is C=C1C(=O)O[C@H]2C[C@H](C)C(C(O)CC(C)=O)=CC[C@H]12. The molecule has 0 aromatic heterocycles. The van der Waals surface area contributed by atoms with Crippen molar-refractivity contribution in [3.05, 3.63) is 23.8 Å². The molecule has 1 heterocycles. The number of esters is 1. The van der Waals surface area contributed by atoms with Crippen molar-refractivity contribution in [2.75, 3.05) is 0 Å². The number of Topliss-reactive ketones (excluding diaryl/α,β-unsaturated/α-hetero) is 1. The van der Waals surface area contributed by atoms with E-state index in [4.69, 9.17) is 4.74 Å². The van der Waals surface area contributed by atoms with Crippen LogP contribution in [0.4, 0.5) is 0 Å². The van der Waals surface area contributed by atoms with Crippen molar-refractivity contribution in [3.8, 4) is 0 Å². The summed E-state index contributed by atoms with van der Waals surface area (Å²) in [6, 6.07) is 0. The molecular formula is C15H20O4. The average molecular weight is 264 g/mol. The number of aliphatic hydroxyl groups excluding tert-OH is 1. The number of ether oxygens (including phenoxy) is 1. The van der Waals surface area contributed by atoms with Crippen molar-refractivity contribution in [1.82, 2.24) is 0 Å². The molecule has 4 atom stereocenters. The summed E-state index contributed by atoms with van der Waals surface area (Å²) in [6.07, 6.45) is 2.55. The lowest BCUT2D eigenvalue weighted by Crippen LogP contribution is -2.22. The first-order valence-corrected chi connectivity index (χ1v) is 6.67. The number of allylic oxidation sites excluding steroid dienone is 1. The first kappa shape index (κ1) is 14.0. The van der Waals surface area contributed by atoms with E-state index in [9.17, 15) is 14.7 Å². The quantitative estimate of drug-likeness (QED) is 0.479. The van der Waals surface area contributed by atoms with E-state index in [2.05, 4.69) is 6.58 Å². The maximum atomic E-state index is 11.5. The van der Waals surface area contributed by atoms with Crippen LogP contribution in [0.15, 0.2) is 23.8 Å². The van der Waals surface area contributed by atoms with E-state index >= 15 is 0 Å². The first-order valence-electron chi connectivity index (χ1n) is 6.67. The van der Waals surface area contributed by atoms with Gasteiger partial charge in [-0.05, 0) is 31.3 Å². The summed E-state index contributed by atoms with van der Waals surface area (Å²) in [5, 5.41) is 10.1. The molecule has 0 spiro atoms. The Bertz CT molecular complexity index is 449. The van der Waals surface area contributed by atoms with Crippen LogP contribution in [0.5, 0.6) is 0 Å². The van der Waals surface area contributed by atoms with E-state index in [1.54, 1.807) is 0 Å². The van der Waals surface area contributed by atoms with E-state index in [0.717, 1.165) is 5.57 Å². The number of carbonyl (C=O) groups is 2. The van der Waals surface area contributed by atoms with Gasteiger partial charge >= 0.3 is 5.97 Å². The Balaban J connectivity index is 2.15. The zero-order valence-electron chi connectivity index (χ0n) is 11.4. The minimum absolute atomic E-state index is 0.0111. The van der Waals surface area contributed by atoms with Gasteiger partial charge in [-0.2, -0.15) is 0 Å². The van der Waals surface area contributed by atoms with Crippen LogP contribution >= 0.6 is 0 Å². The molecule has 1 aliphatic heterocycles. The van der Waals surface area contributed by atoms with Crippen molar-refractivity contribution in [3.63, 3.8) is 0 Å². The Morgan fingerprint density at radius 2 is 2.32 bits per heavy atom. The number of ketones is 1. The summed E-state index contributed by atoms with van der Waals surface area (Å²) in [7, 11) is 0. The molecule has 0 amide bonds. The maximum Gasteiger partial charge on any atom is 0.334 e. The third-order valence-corrected chi connectivity index (χ3v) is 4.04. The molecule has 2 aliphatic rings. The summed E-state index contributed by atoms with van der Waals surface area (Å²) in [5.74, 6) is -0.218. The van der Waals surface area contributed by atoms with Gasteiger partial charge in [0.2, 0.25) is 0 Å². The van der Waals surface area contributed by atoms with Crippen LogP contribution in [0, 0.1) is 11.8 Å². The Hall–Kier alpha value is -1.42. The van der Waals surface area contributed by atoms with Crippen LogP contribution in [0.3, 0.4) is 0 Å². The molecule has 0 saturated carbocycles. The number of rotatable bonds is 3. The van der Waals surface area contributed by atoms with Gasteiger partial charge in [0.25, 0.3) is 0 Å². The van der Waals surface area contributed by atoms with Crippen LogP contribution in [-0.2, 0) is 14.3 Å². The lowest BCUT2D eigenvalue weighted by Gasteiger charge is -2.21. The van der Waals surface area contributed by atoms with E-state index < -0.39 is 6.10 Å². The lowest BCUT2D eigenvalue weighted by molar-refractivity contribution is -0.139. The molecule has 0 radical (unpaired) electrons. The molecule has 104 valence electrons. The highest BCUT2D eigenvalue weighted by molar-refractivity contribution is 5.90. The van der Waals surface area contributed by atoms with Gasteiger partial charge in [0.05, 0.1) is 6.10 Å². The number of hydrogen-bond donors (Lipinski definition) is 1. The van der Waals surface area contributed by atoms with Crippen LogP contribution < -0.4 is 0 Å². The maximum absolute atomic E-state index is 11.5. The van der Waals surface area contributed by atoms with Gasteiger partial charge in [-0.15, -0.1) is 0 Å². The van der Waals surface area contributed by atoms with E-state index in [-0.39, 0.29) is 36.1 Å². The molecule has 1 saturated heterocycles. The number of aliphatic hydroxyl groups is 1. The summed E-state index contributed by atoms with van der Waals surface area (Å²) in [5.41, 5.74) is 1.41. The fraction of sp³-hybridized carbons (Fsp3) is 0.600. The van der Waals surface area contributed by atoms with Crippen LogP contribution in [0.25, 0.3) is 0 Å². The average Bonchev–Trinajstić information content (AvgIpc) is 2.47. The Morgan fingerprint density at radius 3 is 2.95 bits per heavy atom. The summed E-state index contributed by atoms with van der Waals surface area (Å²) >= 11 is 0. The fourth-order valence-electron chi connectivity index (χ4n) is 2.98. The van der Waals surface area contributed by atoms with Gasteiger partial charge < -0.3 is 9.84 Å². The molecule has 1 aliphatic carbocycles. The molecule has 0 aromatic rings. The van der Waals surface area contributed by atoms with Crippen molar-refractivity contribution < 1.29 is 19.4 Å². The largest absolute Gasteiger partial charge is 0.458 e. The predicted octanol–water partition coefficient (Wildman–Crippen LogP) is 1.78. The molecule has 4 nitrogen and oxygen atoms in total. The van der Waals surface area contributed by atoms with Gasteiger partial charge in [-0.1, -0.05) is 19.6 Å². The molecular weight excluding hydrogens is 244 g/mol. The molecule has 4 heteroatoms. The van der Waals surface area contributed by atoms with Gasteiger partial charge in [0.1, 0.15) is 11.9 Å². The molecule has 2 rings (SSSR count). The van der Waals surface area contributed by atoms with Gasteiger partial charge in [-0.25, -0.2) is 4.79 Å². The number of carbonyl (C=O) groups excluding carboxylic acids is 2. The van der Waals surface area contributed by atoms with E-state index in [1.807, 2.05) is 13.0 Å². The third-order valence-electron chi connectivity index (χ3n) is 4.04. The highest BCUT2D eigenvalue weighted by Gasteiger charge is 2.41. The topological polar surface area (TPSA) is 63.6 Å². The highest BCUT2D eigenvalue weighted by Crippen LogP contribution is 2.39. The first-order chi connectivity index (χ1) is 8.90. The summed E-state index contributed by atoms with van der Waals surface area (Å²) < 4.78 is 5.32. The fourth-order valence-corrected chi connectivity index (χ4v) is 2.98. The van der Waals surface area contributed by atoms with Gasteiger partial charge in [0, 0.05) is 17.9 Å². The summed E-state index contributed by atoms with van der Waals surface area (Å²) in [4.78, 5) is 22.6. The molecule has 1 fully saturated rings. The Labute approximate surface area is 113 Å². The van der Waals surface area contributed by atoms with Crippen molar-refractivity contribution in [2.45, 2.75) is 45.3 Å².